The molecule has 0 atom stereocenters. The molecular weight excluding hydrogens is 293 g/mol. The van der Waals surface area contributed by atoms with Crippen LogP contribution in [-0.4, -0.2) is 21.1 Å². The van der Waals surface area contributed by atoms with E-state index in [0.29, 0.717) is 5.56 Å². The number of nitrogens with one attached hydrogen (secondary N) is 1. The first kappa shape index (κ1) is 16.5. The zero-order chi connectivity index (χ0) is 15.4. The molecule has 0 saturated heterocycles. The first-order chi connectivity index (χ1) is 9.15. The molecule has 0 aliphatic carbocycles. The molecule has 0 aliphatic heterocycles. The number of alkyl halides is 3. The van der Waals surface area contributed by atoms with E-state index in [1.807, 2.05) is 6.07 Å². The molecule has 0 spiro atoms. The van der Waals surface area contributed by atoms with Crippen molar-refractivity contribution in [3.63, 3.8) is 0 Å². The van der Waals surface area contributed by atoms with Gasteiger partial charge in [0.15, 0.2) is 0 Å². The number of aryl methyl sites for hydroxylation is 1. The fraction of sp³-hybridized carbons (Fsp3) is 0.417. The molecule has 0 heterocycles. The molecule has 4 nitrogen and oxygen atoms in total. The number of halogens is 3. The molecule has 0 amide bonds. The Labute approximate surface area is 115 Å². The van der Waals surface area contributed by atoms with E-state index in [1.165, 1.54) is 18.2 Å². The maximum absolute atomic E-state index is 11.9. The Bertz CT molecular complexity index is 619. The van der Waals surface area contributed by atoms with E-state index in [4.69, 9.17) is 5.26 Å². The summed E-state index contributed by atoms with van der Waals surface area (Å²) < 4.78 is 61.8. The van der Waals surface area contributed by atoms with Gasteiger partial charge < -0.3 is 0 Å². The number of hydrogen-bond acceptors (Lipinski definition) is 3. The minimum absolute atomic E-state index is 0.0939. The van der Waals surface area contributed by atoms with E-state index < -0.39 is 22.6 Å². The second-order valence-electron chi connectivity index (χ2n) is 4.21. The van der Waals surface area contributed by atoms with Crippen molar-refractivity contribution in [1.82, 2.24) is 4.72 Å². The van der Waals surface area contributed by atoms with Gasteiger partial charge >= 0.3 is 6.18 Å². The monoisotopic (exact) mass is 306 g/mol. The molecule has 0 aromatic heterocycles. The van der Waals surface area contributed by atoms with Crippen molar-refractivity contribution >= 4 is 10.0 Å². The van der Waals surface area contributed by atoms with Crippen LogP contribution in [0.25, 0.3) is 0 Å². The fourth-order valence-electron chi connectivity index (χ4n) is 1.53. The van der Waals surface area contributed by atoms with E-state index in [0.717, 1.165) is 0 Å². The number of rotatable bonds is 5. The lowest BCUT2D eigenvalue weighted by Crippen LogP contribution is -2.26. The van der Waals surface area contributed by atoms with E-state index in [9.17, 15) is 21.6 Å². The van der Waals surface area contributed by atoms with Crippen LogP contribution in [0.1, 0.15) is 24.0 Å². The van der Waals surface area contributed by atoms with E-state index in [2.05, 4.69) is 4.72 Å². The molecule has 20 heavy (non-hydrogen) atoms. The fourth-order valence-corrected chi connectivity index (χ4v) is 2.87. The summed E-state index contributed by atoms with van der Waals surface area (Å²) in [6.45, 7) is 1.24. The third-order valence-corrected chi connectivity index (χ3v) is 4.14. The van der Waals surface area contributed by atoms with Gasteiger partial charge in [0.25, 0.3) is 0 Å². The Hall–Kier alpha value is -1.59. The van der Waals surface area contributed by atoms with Gasteiger partial charge in [0, 0.05) is 13.0 Å². The first-order valence-electron chi connectivity index (χ1n) is 5.73. The van der Waals surface area contributed by atoms with Gasteiger partial charge in [-0.05, 0) is 31.0 Å². The van der Waals surface area contributed by atoms with Gasteiger partial charge in [-0.15, -0.1) is 0 Å². The minimum atomic E-state index is -4.30. The quantitative estimate of drug-likeness (QED) is 0.850. The molecular formula is C12H13F3N2O2S. The predicted molar refractivity (Wildman–Crippen MR) is 66.4 cm³/mol. The second kappa shape index (κ2) is 6.24. The lowest BCUT2D eigenvalue weighted by Gasteiger charge is -2.10. The van der Waals surface area contributed by atoms with Crippen molar-refractivity contribution in [2.75, 3.05) is 6.54 Å². The van der Waals surface area contributed by atoms with Crippen LogP contribution in [0.3, 0.4) is 0 Å². The summed E-state index contributed by atoms with van der Waals surface area (Å²) in [5.74, 6) is 0. The van der Waals surface area contributed by atoms with E-state index in [-0.39, 0.29) is 23.4 Å². The maximum Gasteiger partial charge on any atom is 0.389 e. The SMILES string of the molecule is Cc1ccc(C#N)cc1S(=O)(=O)NCCCC(F)(F)F. The highest BCUT2D eigenvalue weighted by Crippen LogP contribution is 2.21. The zero-order valence-electron chi connectivity index (χ0n) is 10.7. The smallest absolute Gasteiger partial charge is 0.211 e. The highest BCUT2D eigenvalue weighted by atomic mass is 32.2. The summed E-state index contributed by atoms with van der Waals surface area (Å²) in [6.07, 6.45) is -5.69. The van der Waals surface area contributed by atoms with Crippen molar-refractivity contribution in [1.29, 1.82) is 5.26 Å². The molecule has 0 bridgehead atoms. The van der Waals surface area contributed by atoms with Crippen LogP contribution in [0, 0.1) is 18.3 Å². The first-order valence-corrected chi connectivity index (χ1v) is 7.21. The normalized spacial score (nSPS) is 12.2. The molecule has 0 aliphatic rings. The van der Waals surface area contributed by atoms with Gasteiger partial charge in [-0.2, -0.15) is 18.4 Å². The van der Waals surface area contributed by atoms with Gasteiger partial charge in [-0.3, -0.25) is 0 Å². The standard InChI is InChI=1S/C12H13F3N2O2S/c1-9-3-4-10(8-16)7-11(9)20(18,19)17-6-2-5-12(13,14)15/h3-4,7,17H,2,5-6H2,1H3. The lowest BCUT2D eigenvalue weighted by atomic mass is 10.2. The number of hydrogen-bond donors (Lipinski definition) is 1. The van der Waals surface area contributed by atoms with Crippen molar-refractivity contribution < 1.29 is 21.6 Å². The van der Waals surface area contributed by atoms with Crippen molar-refractivity contribution in [2.24, 2.45) is 0 Å². The average molecular weight is 306 g/mol. The minimum Gasteiger partial charge on any atom is -0.211 e. The van der Waals surface area contributed by atoms with Crippen LogP contribution >= 0.6 is 0 Å². The highest BCUT2D eigenvalue weighted by molar-refractivity contribution is 7.89. The molecule has 1 aromatic rings. The number of sulfonamides is 1. The summed E-state index contributed by atoms with van der Waals surface area (Å²) in [6, 6.07) is 5.95. The topological polar surface area (TPSA) is 70.0 Å². The van der Waals surface area contributed by atoms with Crippen molar-refractivity contribution in [3.05, 3.63) is 29.3 Å². The van der Waals surface area contributed by atoms with E-state index in [1.54, 1.807) is 6.92 Å². The lowest BCUT2D eigenvalue weighted by molar-refractivity contribution is -0.135. The third kappa shape index (κ3) is 4.83. The average Bonchev–Trinajstić information content (AvgIpc) is 2.34. The van der Waals surface area contributed by atoms with Crippen LogP contribution < -0.4 is 4.72 Å². The molecule has 110 valence electrons. The molecule has 0 fully saturated rings. The van der Waals surface area contributed by atoms with Crippen molar-refractivity contribution in [2.45, 2.75) is 30.8 Å². The molecule has 1 N–H and O–H groups in total. The van der Waals surface area contributed by atoms with Crippen molar-refractivity contribution in [3.8, 4) is 6.07 Å². The predicted octanol–water partition coefficient (Wildman–Crippen LogP) is 2.49. The summed E-state index contributed by atoms with van der Waals surface area (Å²) in [4.78, 5) is -0.0939. The van der Waals surface area contributed by atoms with Crippen LogP contribution in [0.2, 0.25) is 0 Å². The van der Waals surface area contributed by atoms with E-state index >= 15 is 0 Å². The second-order valence-corrected chi connectivity index (χ2v) is 5.94. The molecule has 8 heteroatoms. The van der Waals surface area contributed by atoms with Crippen LogP contribution in [0.15, 0.2) is 23.1 Å². The molecule has 1 aromatic carbocycles. The van der Waals surface area contributed by atoms with Gasteiger partial charge in [-0.25, -0.2) is 13.1 Å². The molecule has 0 saturated carbocycles. The molecule has 0 radical (unpaired) electrons. The van der Waals surface area contributed by atoms with Crippen LogP contribution in [-0.2, 0) is 10.0 Å². The van der Waals surface area contributed by atoms with Crippen LogP contribution in [0.4, 0.5) is 13.2 Å². The Morgan fingerprint density at radius 3 is 2.55 bits per heavy atom. The van der Waals surface area contributed by atoms with Crippen LogP contribution in [0.5, 0.6) is 0 Å². The maximum atomic E-state index is 11.9. The zero-order valence-corrected chi connectivity index (χ0v) is 11.5. The highest BCUT2D eigenvalue weighted by Gasteiger charge is 2.26. The summed E-state index contributed by atoms with van der Waals surface area (Å²) >= 11 is 0. The number of benzene rings is 1. The Kier molecular flexibility index (Phi) is 5.14. The largest absolute Gasteiger partial charge is 0.389 e. The Balaban J connectivity index is 2.77. The molecule has 0 unspecified atom stereocenters. The van der Waals surface area contributed by atoms with Gasteiger partial charge in [-0.1, -0.05) is 6.07 Å². The molecule has 1 rings (SSSR count). The van der Waals surface area contributed by atoms with Gasteiger partial charge in [0.1, 0.15) is 0 Å². The summed E-state index contributed by atoms with van der Waals surface area (Å²) in [5.41, 5.74) is 0.596. The number of nitrogens with zero attached hydrogens (tertiary/aromatic N) is 1. The Morgan fingerprint density at radius 1 is 1.35 bits per heavy atom. The summed E-state index contributed by atoms with van der Waals surface area (Å²) in [5, 5.41) is 8.73. The van der Waals surface area contributed by atoms with Gasteiger partial charge in [0.05, 0.1) is 16.5 Å². The van der Waals surface area contributed by atoms with Gasteiger partial charge in [0.2, 0.25) is 10.0 Å². The Morgan fingerprint density at radius 2 is 2.00 bits per heavy atom. The third-order valence-electron chi connectivity index (χ3n) is 2.54. The number of nitriles is 1. The summed E-state index contributed by atoms with van der Waals surface area (Å²) in [7, 11) is -3.91.